The van der Waals surface area contributed by atoms with Gasteiger partial charge in [0.05, 0.1) is 27.7 Å². The number of quaternary nitrogens is 1. The van der Waals surface area contributed by atoms with Crippen LogP contribution in [0.3, 0.4) is 0 Å². The minimum absolute atomic E-state index is 0.170. The summed E-state index contributed by atoms with van der Waals surface area (Å²) in [6.45, 7) is 4.41. The van der Waals surface area contributed by atoms with Crippen LogP contribution in [-0.2, 0) is 18.3 Å². The first-order valence-electron chi connectivity index (χ1n) is 11.4. The van der Waals surface area contributed by atoms with Crippen molar-refractivity contribution in [3.05, 3.63) is 0 Å². The second-order valence-electron chi connectivity index (χ2n) is 8.86. The summed E-state index contributed by atoms with van der Waals surface area (Å²) >= 11 is 0. The fourth-order valence-corrected chi connectivity index (χ4v) is 3.79. The highest BCUT2D eigenvalue weighted by Crippen LogP contribution is 2.44. The molecule has 0 radical (unpaired) electrons. The molecule has 7 nitrogen and oxygen atoms in total. The molecule has 0 saturated carbocycles. The molecule has 29 heavy (non-hydrogen) atoms. The molecule has 2 atom stereocenters. The van der Waals surface area contributed by atoms with E-state index in [4.69, 9.17) is 13.8 Å². The van der Waals surface area contributed by atoms with Crippen molar-refractivity contribution in [1.82, 2.24) is 5.32 Å². The smallest absolute Gasteiger partial charge is 0.379 e. The van der Waals surface area contributed by atoms with Gasteiger partial charge in [0.1, 0.15) is 19.3 Å². The van der Waals surface area contributed by atoms with Crippen LogP contribution >= 0.6 is 7.82 Å². The monoisotopic (exact) mass is 439 g/mol. The molecule has 8 heteroatoms. The Kier molecular flexibility index (Phi) is 17.6. The standard InChI is InChI=1S/C21H47N2O5P/c1-6-7-8-9-10-11-12-13-14-15-17-26-20-21(19-22-2)28-29(24,25)27-18-16-23(3,4)5/h21-22H,6-20H2,1-5H3/p+1. The van der Waals surface area contributed by atoms with E-state index in [1.54, 1.807) is 7.05 Å². The number of phosphoric acid groups is 1. The van der Waals surface area contributed by atoms with Gasteiger partial charge in [-0.15, -0.1) is 0 Å². The molecule has 2 N–H and O–H groups in total. The second kappa shape index (κ2) is 17.6. The maximum atomic E-state index is 12.1. The summed E-state index contributed by atoms with van der Waals surface area (Å²) in [7, 11) is 3.69. The van der Waals surface area contributed by atoms with E-state index in [2.05, 4.69) is 12.2 Å². The van der Waals surface area contributed by atoms with Crippen LogP contribution in [0.15, 0.2) is 0 Å². The molecule has 0 aliphatic rings. The Morgan fingerprint density at radius 1 is 0.931 bits per heavy atom. The van der Waals surface area contributed by atoms with E-state index in [1.165, 1.54) is 57.8 Å². The third-order valence-electron chi connectivity index (χ3n) is 4.68. The van der Waals surface area contributed by atoms with Gasteiger partial charge in [-0.05, 0) is 13.5 Å². The number of hydrogen-bond donors (Lipinski definition) is 2. The average molecular weight is 440 g/mol. The first-order valence-corrected chi connectivity index (χ1v) is 12.9. The van der Waals surface area contributed by atoms with Gasteiger partial charge in [-0.25, -0.2) is 4.57 Å². The van der Waals surface area contributed by atoms with Gasteiger partial charge in [-0.2, -0.15) is 0 Å². The number of rotatable bonds is 21. The zero-order valence-corrected chi connectivity index (χ0v) is 20.6. The highest BCUT2D eigenvalue weighted by atomic mass is 31.2. The van der Waals surface area contributed by atoms with Gasteiger partial charge in [0.25, 0.3) is 0 Å². The summed E-state index contributed by atoms with van der Waals surface area (Å²) in [6.07, 6.45) is 12.3. The Morgan fingerprint density at radius 2 is 1.48 bits per heavy atom. The van der Waals surface area contributed by atoms with Gasteiger partial charge in [0.2, 0.25) is 0 Å². The van der Waals surface area contributed by atoms with Crippen molar-refractivity contribution in [2.24, 2.45) is 0 Å². The van der Waals surface area contributed by atoms with Gasteiger partial charge < -0.3 is 19.4 Å². The molecular formula is C21H48N2O5P+. The minimum atomic E-state index is -4.08. The topological polar surface area (TPSA) is 77.0 Å². The maximum Gasteiger partial charge on any atom is 0.472 e. The van der Waals surface area contributed by atoms with Crippen LogP contribution < -0.4 is 5.32 Å². The van der Waals surface area contributed by atoms with Crippen LogP contribution in [0.25, 0.3) is 0 Å². The first kappa shape index (κ1) is 29.0. The van der Waals surface area contributed by atoms with Gasteiger partial charge in [-0.3, -0.25) is 9.05 Å². The number of ether oxygens (including phenoxy) is 1. The fraction of sp³-hybridized carbons (Fsp3) is 1.00. The normalized spacial score (nSPS) is 15.4. The van der Waals surface area contributed by atoms with Crippen molar-refractivity contribution in [3.8, 4) is 0 Å². The fourth-order valence-electron chi connectivity index (χ4n) is 2.91. The maximum absolute atomic E-state index is 12.1. The van der Waals surface area contributed by atoms with E-state index in [9.17, 15) is 9.46 Å². The number of hydrogen-bond acceptors (Lipinski definition) is 5. The Morgan fingerprint density at radius 3 is 2.00 bits per heavy atom. The molecule has 0 aliphatic heterocycles. The number of likely N-dealkylation sites (N-methyl/N-ethyl adjacent to an activating group) is 2. The van der Waals surface area contributed by atoms with Crippen molar-refractivity contribution in [3.63, 3.8) is 0 Å². The summed E-state index contributed by atoms with van der Waals surface area (Å²) in [4.78, 5) is 9.92. The molecule has 0 aliphatic carbocycles. The molecule has 0 fully saturated rings. The van der Waals surface area contributed by atoms with Crippen LogP contribution in [0.2, 0.25) is 0 Å². The Bertz CT molecular complexity index is 418. The van der Waals surface area contributed by atoms with Crippen LogP contribution in [0, 0.1) is 0 Å². The summed E-state index contributed by atoms with van der Waals surface area (Å²) < 4.78 is 28.8. The summed E-state index contributed by atoms with van der Waals surface area (Å²) in [5, 5.41) is 2.97. The third kappa shape index (κ3) is 21.0. The molecular weight excluding hydrogens is 391 g/mol. The molecule has 2 unspecified atom stereocenters. The third-order valence-corrected chi connectivity index (χ3v) is 5.75. The average Bonchev–Trinajstić information content (AvgIpc) is 2.61. The number of unbranched alkanes of at least 4 members (excludes halogenated alkanes) is 9. The van der Waals surface area contributed by atoms with Crippen molar-refractivity contribution >= 4 is 7.82 Å². The van der Waals surface area contributed by atoms with Crippen LogP contribution in [0.1, 0.15) is 71.1 Å². The molecule has 176 valence electrons. The van der Waals surface area contributed by atoms with E-state index in [0.717, 1.165) is 6.42 Å². The molecule has 0 rings (SSSR count). The van der Waals surface area contributed by atoms with Gasteiger partial charge >= 0.3 is 7.82 Å². The largest absolute Gasteiger partial charge is 0.472 e. The first-order chi connectivity index (χ1) is 13.7. The molecule has 0 amide bonds. The van der Waals surface area contributed by atoms with E-state index < -0.39 is 13.9 Å². The van der Waals surface area contributed by atoms with Crippen molar-refractivity contribution < 1.29 is 27.7 Å². The van der Waals surface area contributed by atoms with E-state index in [-0.39, 0.29) is 13.2 Å². The van der Waals surface area contributed by atoms with Crippen LogP contribution in [-0.4, -0.2) is 76.6 Å². The Labute approximate surface area is 179 Å². The quantitative estimate of drug-likeness (QED) is 0.157. The lowest BCUT2D eigenvalue weighted by atomic mass is 10.1. The lowest BCUT2D eigenvalue weighted by Gasteiger charge is -2.25. The molecule has 0 heterocycles. The van der Waals surface area contributed by atoms with Crippen molar-refractivity contribution in [1.29, 1.82) is 0 Å². The predicted molar refractivity (Wildman–Crippen MR) is 120 cm³/mol. The van der Waals surface area contributed by atoms with Crippen LogP contribution in [0.4, 0.5) is 0 Å². The zero-order valence-electron chi connectivity index (χ0n) is 19.7. The molecule has 0 aromatic heterocycles. The van der Waals surface area contributed by atoms with Gasteiger partial charge in [0.15, 0.2) is 0 Å². The van der Waals surface area contributed by atoms with Gasteiger partial charge in [-0.1, -0.05) is 64.7 Å². The predicted octanol–water partition coefficient (Wildman–Crippen LogP) is 4.35. The molecule has 0 aromatic carbocycles. The second-order valence-corrected chi connectivity index (χ2v) is 10.3. The minimum Gasteiger partial charge on any atom is -0.379 e. The van der Waals surface area contributed by atoms with Crippen LogP contribution in [0.5, 0.6) is 0 Å². The Hall–Kier alpha value is -0.0100. The Balaban J connectivity index is 3.81. The highest BCUT2D eigenvalue weighted by Gasteiger charge is 2.27. The van der Waals surface area contributed by atoms with Gasteiger partial charge in [0, 0.05) is 13.2 Å². The summed E-state index contributed by atoms with van der Waals surface area (Å²) in [5.74, 6) is 0. The zero-order chi connectivity index (χ0) is 22.0. The SMILES string of the molecule is CCCCCCCCCCCCOCC(CNC)OP(=O)(O)OCC[N+](C)(C)C. The number of phosphoric ester groups is 1. The number of nitrogens with one attached hydrogen (secondary N) is 1. The molecule has 0 bridgehead atoms. The van der Waals surface area contributed by atoms with E-state index >= 15 is 0 Å². The molecule has 0 saturated heterocycles. The number of nitrogens with zero attached hydrogens (tertiary/aromatic N) is 1. The molecule has 0 aromatic rings. The van der Waals surface area contributed by atoms with E-state index in [1.807, 2.05) is 21.1 Å². The van der Waals surface area contributed by atoms with Crippen molar-refractivity contribution in [2.75, 3.05) is 61.1 Å². The molecule has 0 spiro atoms. The summed E-state index contributed by atoms with van der Waals surface area (Å²) in [6, 6.07) is 0. The lowest BCUT2D eigenvalue weighted by Crippen LogP contribution is -2.37. The lowest BCUT2D eigenvalue weighted by molar-refractivity contribution is -0.870. The highest BCUT2D eigenvalue weighted by molar-refractivity contribution is 7.47. The van der Waals surface area contributed by atoms with E-state index in [0.29, 0.717) is 24.2 Å². The van der Waals surface area contributed by atoms with Crippen molar-refractivity contribution in [2.45, 2.75) is 77.2 Å². The summed E-state index contributed by atoms with van der Waals surface area (Å²) in [5.41, 5.74) is 0.